The lowest BCUT2D eigenvalue weighted by Crippen LogP contribution is -2.53. The first-order valence-electron chi connectivity index (χ1n) is 13.1. The summed E-state index contributed by atoms with van der Waals surface area (Å²) in [5.74, 6) is -0.375. The SMILES string of the molecule is CC(C(=O)NC(CN1CCOCC1)c1cccc(-c2cccc([N+](=O)[O-])c2)c1)N1C(=O)COc2cc(Cl)c(Cl)cc21. The number of nitro benzene ring substituents is 1. The first-order chi connectivity index (χ1) is 19.7. The van der Waals surface area contributed by atoms with E-state index in [0.717, 1.165) is 11.1 Å². The molecule has 41 heavy (non-hydrogen) atoms. The Hall–Kier alpha value is -3.70. The fourth-order valence-corrected chi connectivity index (χ4v) is 5.32. The zero-order valence-corrected chi connectivity index (χ0v) is 23.7. The number of hydrogen-bond acceptors (Lipinski definition) is 7. The number of fused-ring (bicyclic) bond motifs is 1. The van der Waals surface area contributed by atoms with Crippen molar-refractivity contribution in [3.05, 3.63) is 86.4 Å². The van der Waals surface area contributed by atoms with Crippen LogP contribution in [0.5, 0.6) is 5.75 Å². The highest BCUT2D eigenvalue weighted by Gasteiger charge is 2.35. The molecule has 0 aliphatic carbocycles. The highest BCUT2D eigenvalue weighted by Crippen LogP contribution is 2.39. The van der Waals surface area contributed by atoms with Gasteiger partial charge in [-0.25, -0.2) is 0 Å². The highest BCUT2D eigenvalue weighted by molar-refractivity contribution is 6.42. The number of morpholine rings is 1. The van der Waals surface area contributed by atoms with Crippen molar-refractivity contribution in [1.82, 2.24) is 10.2 Å². The minimum atomic E-state index is -0.880. The van der Waals surface area contributed by atoms with Gasteiger partial charge in [0.2, 0.25) is 5.91 Å². The van der Waals surface area contributed by atoms with E-state index in [1.54, 1.807) is 13.0 Å². The van der Waals surface area contributed by atoms with Crippen molar-refractivity contribution in [2.45, 2.75) is 19.0 Å². The number of carbonyl (C=O) groups is 2. The molecule has 214 valence electrons. The van der Waals surface area contributed by atoms with Crippen molar-refractivity contribution in [3.63, 3.8) is 0 Å². The van der Waals surface area contributed by atoms with Gasteiger partial charge in [-0.3, -0.25) is 29.5 Å². The predicted octanol–water partition coefficient (Wildman–Crippen LogP) is 4.87. The smallest absolute Gasteiger partial charge is 0.270 e. The van der Waals surface area contributed by atoms with Crippen molar-refractivity contribution in [1.29, 1.82) is 0 Å². The fraction of sp³-hybridized carbons (Fsp3) is 0.310. The predicted molar refractivity (Wildman–Crippen MR) is 156 cm³/mol. The Labute approximate surface area is 246 Å². The number of non-ortho nitro benzene ring substituents is 1. The molecule has 0 bridgehead atoms. The van der Waals surface area contributed by atoms with E-state index in [2.05, 4.69) is 10.2 Å². The third-order valence-electron chi connectivity index (χ3n) is 7.19. The van der Waals surface area contributed by atoms with Gasteiger partial charge in [0, 0.05) is 37.8 Å². The van der Waals surface area contributed by atoms with E-state index in [4.69, 9.17) is 32.7 Å². The lowest BCUT2D eigenvalue weighted by atomic mass is 9.98. The average Bonchev–Trinajstić information content (AvgIpc) is 2.98. The van der Waals surface area contributed by atoms with Crippen molar-refractivity contribution in [2.75, 3.05) is 44.4 Å². The summed E-state index contributed by atoms with van der Waals surface area (Å²) in [7, 11) is 0. The van der Waals surface area contributed by atoms with Crippen molar-refractivity contribution in [2.24, 2.45) is 0 Å². The number of amides is 2. The summed E-state index contributed by atoms with van der Waals surface area (Å²) in [6, 6.07) is 15.7. The van der Waals surface area contributed by atoms with Gasteiger partial charge < -0.3 is 14.8 Å². The van der Waals surface area contributed by atoms with Crippen LogP contribution in [-0.2, 0) is 14.3 Å². The zero-order chi connectivity index (χ0) is 29.1. The second-order valence-electron chi connectivity index (χ2n) is 9.87. The standard InChI is InChI=1S/C29H28Cl2N4O6/c1-18(34-26-14-23(30)24(31)15-27(26)41-17-28(34)36)29(37)32-25(16-33-8-10-40-11-9-33)21-6-2-4-19(12-21)20-5-3-7-22(13-20)35(38)39/h2-7,12-15,18,25H,8-11,16-17H2,1H3,(H,32,37). The molecule has 2 unspecified atom stereocenters. The maximum Gasteiger partial charge on any atom is 0.270 e. The second kappa shape index (κ2) is 12.4. The monoisotopic (exact) mass is 598 g/mol. The van der Waals surface area contributed by atoms with Crippen LogP contribution in [0.1, 0.15) is 18.5 Å². The van der Waals surface area contributed by atoms with E-state index < -0.39 is 17.0 Å². The first kappa shape index (κ1) is 28.8. The summed E-state index contributed by atoms with van der Waals surface area (Å²) in [4.78, 5) is 41.1. The molecule has 2 amide bonds. The van der Waals surface area contributed by atoms with Gasteiger partial charge in [0.15, 0.2) is 6.61 Å². The molecular weight excluding hydrogens is 571 g/mol. The van der Waals surface area contributed by atoms with Gasteiger partial charge >= 0.3 is 0 Å². The van der Waals surface area contributed by atoms with Gasteiger partial charge in [-0.15, -0.1) is 0 Å². The van der Waals surface area contributed by atoms with Crippen LogP contribution < -0.4 is 15.0 Å². The van der Waals surface area contributed by atoms with E-state index in [9.17, 15) is 19.7 Å². The van der Waals surface area contributed by atoms with Gasteiger partial charge in [-0.05, 0) is 35.7 Å². The van der Waals surface area contributed by atoms with Gasteiger partial charge in [0.05, 0.1) is 39.9 Å². The molecule has 1 fully saturated rings. The summed E-state index contributed by atoms with van der Waals surface area (Å²) in [5, 5.41) is 15.0. The Balaban J connectivity index is 1.44. The first-order valence-corrected chi connectivity index (χ1v) is 13.9. The van der Waals surface area contributed by atoms with Crippen LogP contribution in [0, 0.1) is 10.1 Å². The number of benzene rings is 3. The van der Waals surface area contributed by atoms with Crippen LogP contribution in [0.4, 0.5) is 11.4 Å². The van der Waals surface area contributed by atoms with Gasteiger partial charge in [0.1, 0.15) is 11.8 Å². The minimum Gasteiger partial charge on any atom is -0.482 e. The Kier molecular flexibility index (Phi) is 8.74. The normalized spacial score (nSPS) is 16.9. The van der Waals surface area contributed by atoms with Gasteiger partial charge in [-0.1, -0.05) is 53.5 Å². The van der Waals surface area contributed by atoms with E-state index in [1.165, 1.54) is 29.2 Å². The van der Waals surface area contributed by atoms with Crippen molar-refractivity contribution >= 4 is 46.4 Å². The topological polar surface area (TPSA) is 114 Å². The van der Waals surface area contributed by atoms with Crippen molar-refractivity contribution < 1.29 is 24.0 Å². The van der Waals surface area contributed by atoms with Crippen LogP contribution in [0.25, 0.3) is 11.1 Å². The lowest BCUT2D eigenvalue weighted by molar-refractivity contribution is -0.384. The number of hydrogen-bond donors (Lipinski definition) is 1. The molecule has 5 rings (SSSR count). The molecule has 2 aliphatic heterocycles. The molecule has 10 nitrogen and oxygen atoms in total. The number of nitrogens with zero attached hydrogens (tertiary/aromatic N) is 3. The molecule has 0 aromatic heterocycles. The summed E-state index contributed by atoms with van der Waals surface area (Å²) in [6.07, 6.45) is 0. The van der Waals surface area contributed by atoms with Crippen LogP contribution in [0.2, 0.25) is 10.0 Å². The molecule has 2 atom stereocenters. The van der Waals surface area contributed by atoms with Crippen LogP contribution in [0.15, 0.2) is 60.7 Å². The fourth-order valence-electron chi connectivity index (χ4n) is 5.01. The third kappa shape index (κ3) is 6.46. The molecule has 0 spiro atoms. The molecule has 3 aromatic carbocycles. The maximum atomic E-state index is 13.7. The molecule has 12 heteroatoms. The summed E-state index contributed by atoms with van der Waals surface area (Å²) in [6.45, 7) is 4.53. The van der Waals surface area contributed by atoms with Crippen LogP contribution >= 0.6 is 23.2 Å². The number of anilines is 1. The van der Waals surface area contributed by atoms with Gasteiger partial charge in [-0.2, -0.15) is 0 Å². The Morgan fingerprint density at radius 1 is 1.05 bits per heavy atom. The largest absolute Gasteiger partial charge is 0.482 e. The molecule has 0 radical (unpaired) electrons. The summed E-state index contributed by atoms with van der Waals surface area (Å²) >= 11 is 12.4. The summed E-state index contributed by atoms with van der Waals surface area (Å²) in [5.41, 5.74) is 2.67. The Morgan fingerprint density at radius 2 is 1.73 bits per heavy atom. The molecule has 2 aliphatic rings. The van der Waals surface area contributed by atoms with E-state index in [-0.39, 0.29) is 34.2 Å². The zero-order valence-electron chi connectivity index (χ0n) is 22.2. The Morgan fingerprint density at radius 3 is 2.46 bits per heavy atom. The average molecular weight is 599 g/mol. The Bertz CT molecular complexity index is 1480. The van der Waals surface area contributed by atoms with E-state index in [0.29, 0.717) is 49.8 Å². The minimum absolute atomic E-state index is 0.00301. The lowest BCUT2D eigenvalue weighted by Gasteiger charge is -2.35. The number of nitrogens with one attached hydrogen (secondary N) is 1. The molecular formula is C29H28Cl2N4O6. The molecule has 3 aromatic rings. The third-order valence-corrected chi connectivity index (χ3v) is 7.91. The second-order valence-corrected chi connectivity index (χ2v) is 10.7. The van der Waals surface area contributed by atoms with Crippen LogP contribution in [0.3, 0.4) is 0 Å². The summed E-state index contributed by atoms with van der Waals surface area (Å²) < 4.78 is 11.0. The van der Waals surface area contributed by atoms with E-state index in [1.807, 2.05) is 30.3 Å². The van der Waals surface area contributed by atoms with E-state index >= 15 is 0 Å². The molecule has 2 heterocycles. The number of nitro groups is 1. The van der Waals surface area contributed by atoms with Crippen molar-refractivity contribution in [3.8, 4) is 16.9 Å². The van der Waals surface area contributed by atoms with Gasteiger partial charge in [0.25, 0.3) is 11.6 Å². The van der Waals surface area contributed by atoms with Crippen LogP contribution in [-0.4, -0.2) is 67.1 Å². The molecule has 1 N–H and O–H groups in total. The number of halogens is 2. The number of rotatable bonds is 8. The quantitative estimate of drug-likeness (QED) is 0.290. The number of ether oxygens (including phenoxy) is 2. The highest BCUT2D eigenvalue weighted by atomic mass is 35.5. The number of carbonyl (C=O) groups excluding carboxylic acids is 2. The molecule has 1 saturated heterocycles. The molecule has 0 saturated carbocycles. The maximum absolute atomic E-state index is 13.7.